The van der Waals surface area contributed by atoms with Gasteiger partial charge in [0.25, 0.3) is 0 Å². The minimum absolute atomic E-state index is 0.0554. The van der Waals surface area contributed by atoms with E-state index in [1.54, 1.807) is 45.3 Å². The second-order valence-corrected chi connectivity index (χ2v) is 27.4. The Labute approximate surface area is 360 Å². The maximum Gasteiger partial charge on any atom is 0.216 e. The molecule has 4 aliphatic heterocycles. The van der Waals surface area contributed by atoms with E-state index in [0.29, 0.717) is 18.1 Å². The minimum Gasteiger partial charge on any atom is -0.287 e. The molecule has 2 nitrogen and oxygen atoms in total. The molecule has 0 atom stereocenters. The summed E-state index contributed by atoms with van der Waals surface area (Å²) in [5, 5.41) is 0. The molecule has 0 saturated carbocycles. The van der Waals surface area contributed by atoms with Crippen molar-refractivity contribution in [3.63, 3.8) is 0 Å². The van der Waals surface area contributed by atoms with Crippen LogP contribution in [0, 0.1) is 18.1 Å². The molecular weight excluding hydrogens is 873 g/mol. The van der Waals surface area contributed by atoms with Gasteiger partial charge in [0, 0.05) is 0 Å². The van der Waals surface area contributed by atoms with E-state index in [-0.39, 0.29) is 10.9 Å². The average molecular weight is 926 g/mol. The fourth-order valence-electron chi connectivity index (χ4n) is 5.41. The first-order valence-electron chi connectivity index (χ1n) is 19.0. The highest BCUT2D eigenvalue weighted by Gasteiger charge is 2.26. The molecule has 1 aliphatic carbocycles. The molecule has 0 saturated heterocycles. The van der Waals surface area contributed by atoms with E-state index in [1.807, 2.05) is 94.1 Å². The van der Waals surface area contributed by atoms with Gasteiger partial charge in [-0.05, 0) is 48.7 Å². The van der Waals surface area contributed by atoms with Crippen LogP contribution in [0.5, 0.6) is 0 Å². The number of thioether (sulfide) groups is 8. The van der Waals surface area contributed by atoms with Crippen molar-refractivity contribution in [1.82, 2.24) is 0 Å². The van der Waals surface area contributed by atoms with E-state index in [2.05, 4.69) is 27.7 Å². The zero-order valence-electron chi connectivity index (χ0n) is 30.9. The molecule has 0 radical (unpaired) electrons. The summed E-state index contributed by atoms with van der Waals surface area (Å²) in [5.41, 5.74) is 0.111. The highest BCUT2D eigenvalue weighted by molar-refractivity contribution is 8.46. The molecule has 0 amide bonds. The predicted octanol–water partition coefficient (Wildman–Crippen LogP) is 14.7. The van der Waals surface area contributed by atoms with Crippen LogP contribution in [-0.4, -0.2) is 23.0 Å². The van der Waals surface area contributed by atoms with Gasteiger partial charge in [0.1, 0.15) is 7.69 Å². The largest absolute Gasteiger partial charge is 0.287 e. The van der Waals surface area contributed by atoms with Crippen LogP contribution in [0.4, 0.5) is 0 Å². The smallest absolute Gasteiger partial charge is 0.216 e. The molecule has 5 aliphatic rings. The van der Waals surface area contributed by atoms with Crippen LogP contribution < -0.4 is 18.5 Å². The zero-order valence-corrected chi connectivity index (χ0v) is 40.7. The van der Waals surface area contributed by atoms with Crippen molar-refractivity contribution in [2.45, 2.75) is 130 Å². The molecule has 0 spiro atoms. The van der Waals surface area contributed by atoms with Crippen LogP contribution in [0.3, 0.4) is 0 Å². The average Bonchev–Trinajstić information content (AvgIpc) is 3.96. The van der Waals surface area contributed by atoms with Gasteiger partial charge in [-0.15, -0.1) is 92.4 Å². The highest BCUT2D eigenvalue weighted by atomic mass is 32.3. The molecule has 0 aromatic heterocycles. The van der Waals surface area contributed by atoms with Crippen molar-refractivity contribution in [2.75, 3.05) is 23.0 Å². The SMILES string of the molecule is CCCCCCSC1=C(SCCCCCC)SC(=c2sc3c(=O)c4sc(=C5SC(SCCCCCC)=C(SCCCCCC)S5)sc=4c(=O)c=3s2)S1. The van der Waals surface area contributed by atoms with Crippen molar-refractivity contribution in [1.29, 1.82) is 0 Å². The van der Waals surface area contributed by atoms with Gasteiger partial charge >= 0.3 is 0 Å². The summed E-state index contributed by atoms with van der Waals surface area (Å²) in [6.07, 6.45) is 20.5. The lowest BCUT2D eigenvalue weighted by Gasteiger charge is -2.05. The van der Waals surface area contributed by atoms with Gasteiger partial charge in [0.15, 0.2) is 0 Å². The standard InChI is InChI=1S/C38H52O2S12/c1-5-9-13-17-21-41-31-32(42-22-18-14-10-6-2)50-37(49-31)35-45-27-25(39)29-30(26(40)28(27)46-35)48-36(47-29)38-51-33(43-23-19-15-11-7-3)34(52-38)44-24-20-16-12-8-4/h5-24H2,1-4H3. The van der Waals surface area contributed by atoms with Crippen LogP contribution in [0.25, 0.3) is 8.47 Å². The van der Waals surface area contributed by atoms with Crippen LogP contribution in [0.2, 0.25) is 0 Å². The predicted molar refractivity (Wildman–Crippen MR) is 258 cm³/mol. The Bertz CT molecular complexity index is 1750. The molecule has 0 aromatic carbocycles. The Morgan fingerprint density at radius 2 is 0.615 bits per heavy atom. The number of unbranched alkanes of at least 4 members (excludes halogenated alkanes) is 12. The molecule has 0 bridgehead atoms. The Balaban J connectivity index is 1.38. The molecule has 288 valence electrons. The third-order valence-electron chi connectivity index (χ3n) is 8.35. The molecule has 0 aromatic rings. The maximum absolute atomic E-state index is 14.1. The molecule has 0 fully saturated rings. The number of rotatable bonds is 24. The van der Waals surface area contributed by atoms with Crippen molar-refractivity contribution in [3.8, 4) is 0 Å². The number of hydrogen-bond donors (Lipinski definition) is 0. The Kier molecular flexibility index (Phi) is 20.9. The molecule has 4 heterocycles. The van der Waals surface area contributed by atoms with E-state index >= 15 is 0 Å². The maximum atomic E-state index is 14.1. The van der Waals surface area contributed by atoms with Crippen LogP contribution >= 0.6 is 139 Å². The molecule has 5 rings (SSSR count). The summed E-state index contributed by atoms with van der Waals surface area (Å²) >= 11 is 21.8. The molecule has 14 heteroatoms. The van der Waals surface area contributed by atoms with Gasteiger partial charge in [-0.2, -0.15) is 0 Å². The van der Waals surface area contributed by atoms with Gasteiger partial charge < -0.3 is 0 Å². The van der Waals surface area contributed by atoms with Gasteiger partial charge in [-0.3, -0.25) is 9.59 Å². The summed E-state index contributed by atoms with van der Waals surface area (Å²) in [5.74, 6) is 4.63. The van der Waals surface area contributed by atoms with Crippen molar-refractivity contribution >= 4 is 148 Å². The Hall–Kier alpha value is 1.46. The first-order valence-corrected chi connectivity index (χ1v) is 29.4. The first kappa shape index (κ1) is 44.6. The summed E-state index contributed by atoms with van der Waals surface area (Å²) < 4.78 is 13.1. The van der Waals surface area contributed by atoms with Gasteiger partial charge in [0.05, 0.1) is 43.6 Å². The Morgan fingerprint density at radius 1 is 0.365 bits per heavy atom. The molecular formula is C38H52O2S12. The normalized spacial score (nSPS) is 15.2. The van der Waals surface area contributed by atoms with E-state index in [0.717, 1.165) is 30.7 Å². The lowest BCUT2D eigenvalue weighted by Crippen LogP contribution is -2.11. The molecule has 52 heavy (non-hydrogen) atoms. The van der Waals surface area contributed by atoms with Crippen LogP contribution in [-0.2, 0) is 0 Å². The van der Waals surface area contributed by atoms with Crippen molar-refractivity contribution < 1.29 is 0 Å². The summed E-state index contributed by atoms with van der Waals surface area (Å²) in [6, 6.07) is 0. The minimum atomic E-state index is 0.0554. The number of hydrogen-bond acceptors (Lipinski definition) is 14. The van der Waals surface area contributed by atoms with E-state index in [1.165, 1.54) is 128 Å². The lowest BCUT2D eigenvalue weighted by atomic mass is 10.2. The Morgan fingerprint density at radius 3 is 0.846 bits per heavy atom. The van der Waals surface area contributed by atoms with Gasteiger partial charge in [-0.25, -0.2) is 0 Å². The van der Waals surface area contributed by atoms with E-state index in [9.17, 15) is 9.59 Å². The fourth-order valence-corrected chi connectivity index (χ4v) is 23.2. The van der Waals surface area contributed by atoms with E-state index in [4.69, 9.17) is 0 Å². The molecule has 0 unspecified atom stereocenters. The topological polar surface area (TPSA) is 34.1 Å². The first-order chi connectivity index (χ1) is 25.5. The van der Waals surface area contributed by atoms with E-state index < -0.39 is 0 Å². The third kappa shape index (κ3) is 12.7. The van der Waals surface area contributed by atoms with Crippen LogP contribution in [0.1, 0.15) is 130 Å². The third-order valence-corrected chi connectivity index (χ3v) is 26.0. The second kappa shape index (κ2) is 24.4. The quantitative estimate of drug-likeness (QED) is 0.0811. The summed E-state index contributed by atoms with van der Waals surface area (Å²) in [6.45, 7) is 9.08. The summed E-state index contributed by atoms with van der Waals surface area (Å²) in [7, 11) is 0. The second-order valence-electron chi connectivity index (χ2n) is 12.7. The summed E-state index contributed by atoms with van der Waals surface area (Å²) in [4.78, 5) is 28.2. The van der Waals surface area contributed by atoms with Gasteiger partial charge in [-0.1, -0.05) is 152 Å². The van der Waals surface area contributed by atoms with Crippen molar-refractivity contribution in [3.05, 3.63) is 63.2 Å². The molecule has 0 N–H and O–H groups in total. The fraction of sp³-hybridized carbons (Fsp3) is 0.632. The van der Waals surface area contributed by atoms with Crippen LogP contribution in [0.15, 0.2) is 26.5 Å². The lowest BCUT2D eigenvalue weighted by molar-refractivity contribution is 0.707. The zero-order chi connectivity index (χ0) is 36.7. The highest BCUT2D eigenvalue weighted by Crippen LogP contribution is 2.59. The van der Waals surface area contributed by atoms with Gasteiger partial charge in [0.2, 0.25) is 10.9 Å². The van der Waals surface area contributed by atoms with Crippen molar-refractivity contribution in [2.24, 2.45) is 0 Å². The monoisotopic (exact) mass is 924 g/mol.